The molecule has 2 aromatic heterocycles. The van der Waals surface area contributed by atoms with Gasteiger partial charge in [0.15, 0.2) is 0 Å². The van der Waals surface area contributed by atoms with Crippen LogP contribution in [-0.2, 0) is 9.53 Å². The van der Waals surface area contributed by atoms with Crippen molar-refractivity contribution in [3.8, 4) is 16.9 Å². The number of benzene rings is 1. The maximum Gasteiger partial charge on any atom is 0.345 e. The molecule has 6 heteroatoms. The third-order valence-corrected chi connectivity index (χ3v) is 5.99. The Kier molecular flexibility index (Phi) is 10.1. The Labute approximate surface area is 201 Å². The molecule has 0 aliphatic carbocycles. The maximum absolute atomic E-state index is 12.3. The molecule has 2 heterocycles. The summed E-state index contributed by atoms with van der Waals surface area (Å²) in [5, 5.41) is 0.794. The van der Waals surface area contributed by atoms with Crippen molar-refractivity contribution in [3.05, 3.63) is 59.1 Å². The van der Waals surface area contributed by atoms with Crippen molar-refractivity contribution in [2.24, 2.45) is 5.92 Å². The van der Waals surface area contributed by atoms with Crippen molar-refractivity contribution in [2.45, 2.75) is 65.2 Å². The first-order valence-electron chi connectivity index (χ1n) is 12.4. The highest BCUT2D eigenvalue weighted by Gasteiger charge is 2.11. The SMILES string of the molecule is CCC(C)C(=O)OCCCCCCCCCOc1ccc(-c2cc3cccnc3oc2=O)cc1. The van der Waals surface area contributed by atoms with E-state index >= 15 is 0 Å². The zero-order valence-electron chi connectivity index (χ0n) is 20.3. The number of aromatic nitrogens is 1. The molecule has 3 rings (SSSR count). The van der Waals surface area contributed by atoms with Crippen LogP contribution in [0.4, 0.5) is 0 Å². The Morgan fingerprint density at radius 1 is 0.971 bits per heavy atom. The highest BCUT2D eigenvalue weighted by Crippen LogP contribution is 2.23. The molecule has 0 bridgehead atoms. The number of hydrogen-bond acceptors (Lipinski definition) is 6. The molecule has 0 N–H and O–H groups in total. The normalized spacial score (nSPS) is 11.9. The van der Waals surface area contributed by atoms with Crippen molar-refractivity contribution < 1.29 is 18.7 Å². The van der Waals surface area contributed by atoms with Gasteiger partial charge in [-0.05, 0) is 55.2 Å². The molecule has 0 radical (unpaired) electrons. The van der Waals surface area contributed by atoms with Crippen LogP contribution in [0.1, 0.15) is 65.2 Å². The molecule has 0 saturated carbocycles. The van der Waals surface area contributed by atoms with Gasteiger partial charge in [0, 0.05) is 11.6 Å². The molecule has 1 aromatic carbocycles. The fraction of sp³-hybridized carbons (Fsp3) is 0.464. The summed E-state index contributed by atoms with van der Waals surface area (Å²) in [6.07, 6.45) is 10.2. The van der Waals surface area contributed by atoms with Gasteiger partial charge in [0.25, 0.3) is 0 Å². The minimum Gasteiger partial charge on any atom is -0.494 e. The zero-order chi connectivity index (χ0) is 24.2. The Balaban J connectivity index is 1.28. The number of pyridine rings is 1. The van der Waals surface area contributed by atoms with Crippen LogP contribution in [-0.4, -0.2) is 24.2 Å². The smallest absolute Gasteiger partial charge is 0.345 e. The van der Waals surface area contributed by atoms with Crippen molar-refractivity contribution in [2.75, 3.05) is 13.2 Å². The summed E-state index contributed by atoms with van der Waals surface area (Å²) in [5.74, 6) is 0.723. The Morgan fingerprint density at radius 2 is 1.65 bits per heavy atom. The predicted molar refractivity (Wildman–Crippen MR) is 134 cm³/mol. The highest BCUT2D eigenvalue weighted by molar-refractivity contribution is 5.78. The van der Waals surface area contributed by atoms with Crippen molar-refractivity contribution in [1.82, 2.24) is 4.98 Å². The number of esters is 1. The van der Waals surface area contributed by atoms with Crippen LogP contribution in [0, 0.1) is 5.92 Å². The van der Waals surface area contributed by atoms with Crippen LogP contribution >= 0.6 is 0 Å². The second-order valence-corrected chi connectivity index (χ2v) is 8.67. The van der Waals surface area contributed by atoms with Crippen LogP contribution < -0.4 is 10.4 Å². The lowest BCUT2D eigenvalue weighted by Crippen LogP contribution is -2.14. The van der Waals surface area contributed by atoms with Gasteiger partial charge in [-0.25, -0.2) is 9.78 Å². The van der Waals surface area contributed by atoms with E-state index in [4.69, 9.17) is 13.9 Å². The number of carbonyl (C=O) groups is 1. The summed E-state index contributed by atoms with van der Waals surface area (Å²) < 4.78 is 16.4. The molecule has 182 valence electrons. The number of carbonyl (C=O) groups excluding carboxylic acids is 1. The predicted octanol–water partition coefficient (Wildman–Crippen LogP) is 6.55. The first-order chi connectivity index (χ1) is 16.6. The summed E-state index contributed by atoms with van der Waals surface area (Å²) in [7, 11) is 0. The van der Waals surface area contributed by atoms with Gasteiger partial charge in [-0.1, -0.05) is 58.1 Å². The van der Waals surface area contributed by atoms with E-state index in [9.17, 15) is 9.59 Å². The molecular formula is C28H35NO5. The molecule has 0 amide bonds. The minimum atomic E-state index is -0.396. The molecule has 34 heavy (non-hydrogen) atoms. The van der Waals surface area contributed by atoms with Gasteiger partial charge in [0.1, 0.15) is 5.75 Å². The van der Waals surface area contributed by atoms with E-state index in [1.165, 1.54) is 19.3 Å². The first kappa shape index (κ1) is 25.5. The molecule has 3 aromatic rings. The lowest BCUT2D eigenvalue weighted by molar-refractivity contribution is -0.148. The number of ether oxygens (including phenoxy) is 2. The number of nitrogens with zero attached hydrogens (tertiary/aromatic N) is 1. The van der Waals surface area contributed by atoms with Crippen LogP contribution in [0.15, 0.2) is 57.9 Å². The Bertz CT molecular complexity index is 1090. The lowest BCUT2D eigenvalue weighted by Gasteiger charge is -2.09. The van der Waals surface area contributed by atoms with Crippen LogP contribution in [0.2, 0.25) is 0 Å². The summed E-state index contributed by atoms with van der Waals surface area (Å²) in [6, 6.07) is 13.0. The van der Waals surface area contributed by atoms with Crippen LogP contribution in [0.3, 0.4) is 0 Å². The van der Waals surface area contributed by atoms with Crippen LogP contribution in [0.5, 0.6) is 5.75 Å². The molecule has 1 atom stereocenters. The average Bonchev–Trinajstić information content (AvgIpc) is 2.86. The van der Waals surface area contributed by atoms with Gasteiger partial charge in [-0.3, -0.25) is 4.79 Å². The number of hydrogen-bond donors (Lipinski definition) is 0. The average molecular weight is 466 g/mol. The highest BCUT2D eigenvalue weighted by atomic mass is 16.5. The topological polar surface area (TPSA) is 78.6 Å². The van der Waals surface area contributed by atoms with Crippen molar-refractivity contribution in [1.29, 1.82) is 0 Å². The summed E-state index contributed by atoms with van der Waals surface area (Å²) in [4.78, 5) is 28.0. The minimum absolute atomic E-state index is 0.00387. The Hall–Kier alpha value is -3.15. The molecule has 0 fully saturated rings. The van der Waals surface area contributed by atoms with Crippen LogP contribution in [0.25, 0.3) is 22.2 Å². The van der Waals surface area contributed by atoms with E-state index in [0.29, 0.717) is 24.5 Å². The summed E-state index contributed by atoms with van der Waals surface area (Å²) >= 11 is 0. The maximum atomic E-state index is 12.3. The third kappa shape index (κ3) is 7.72. The van der Waals surface area contributed by atoms with Gasteiger partial charge in [-0.15, -0.1) is 0 Å². The van der Waals surface area contributed by atoms with E-state index in [-0.39, 0.29) is 11.9 Å². The fourth-order valence-electron chi connectivity index (χ4n) is 3.65. The van der Waals surface area contributed by atoms with Crippen molar-refractivity contribution >= 4 is 17.1 Å². The van der Waals surface area contributed by atoms with Crippen molar-refractivity contribution in [3.63, 3.8) is 0 Å². The standard InChI is InChI=1S/C28H35NO5/c1-3-21(2)27(30)33-19-10-8-6-4-5-7-9-18-32-24-15-13-22(14-16-24)25-20-23-12-11-17-29-26(23)34-28(25)31/h11-17,20-21H,3-10,18-19H2,1-2H3. The molecule has 0 aliphatic rings. The van der Waals surface area contributed by atoms with E-state index < -0.39 is 5.63 Å². The molecular weight excluding hydrogens is 430 g/mol. The fourth-order valence-corrected chi connectivity index (χ4v) is 3.65. The van der Waals surface area contributed by atoms with E-state index in [1.54, 1.807) is 6.20 Å². The van der Waals surface area contributed by atoms with E-state index in [0.717, 1.165) is 48.8 Å². The molecule has 1 unspecified atom stereocenters. The van der Waals surface area contributed by atoms with Gasteiger partial charge in [0.2, 0.25) is 5.71 Å². The lowest BCUT2D eigenvalue weighted by atomic mass is 10.1. The molecule has 0 saturated heterocycles. The van der Waals surface area contributed by atoms with Gasteiger partial charge >= 0.3 is 11.6 Å². The van der Waals surface area contributed by atoms with Gasteiger partial charge in [-0.2, -0.15) is 0 Å². The molecule has 6 nitrogen and oxygen atoms in total. The monoisotopic (exact) mass is 465 g/mol. The summed E-state index contributed by atoms with van der Waals surface area (Å²) in [6.45, 7) is 5.12. The quantitative estimate of drug-likeness (QED) is 0.198. The van der Waals surface area contributed by atoms with Gasteiger partial charge in [0.05, 0.1) is 24.7 Å². The second kappa shape index (κ2) is 13.5. The molecule has 0 aliphatic heterocycles. The summed E-state index contributed by atoms with van der Waals surface area (Å²) in [5.41, 5.74) is 1.26. The van der Waals surface area contributed by atoms with Gasteiger partial charge < -0.3 is 13.9 Å². The largest absolute Gasteiger partial charge is 0.494 e. The first-order valence-corrected chi connectivity index (χ1v) is 12.4. The van der Waals surface area contributed by atoms with E-state index in [1.807, 2.05) is 56.3 Å². The number of unbranched alkanes of at least 4 members (excludes halogenated alkanes) is 6. The third-order valence-electron chi connectivity index (χ3n) is 5.99. The van der Waals surface area contributed by atoms with E-state index in [2.05, 4.69) is 4.98 Å². The second-order valence-electron chi connectivity index (χ2n) is 8.67. The molecule has 0 spiro atoms. The zero-order valence-corrected chi connectivity index (χ0v) is 20.3. The number of rotatable bonds is 14. The number of fused-ring (bicyclic) bond motifs is 1. The Morgan fingerprint density at radius 3 is 2.35 bits per heavy atom.